The van der Waals surface area contributed by atoms with Crippen LogP contribution in [0.1, 0.15) is 27.7 Å². The Bertz CT molecular complexity index is 434. The summed E-state index contributed by atoms with van der Waals surface area (Å²) in [6.45, 7) is 6.42. The Morgan fingerprint density at radius 2 is 1.39 bits per heavy atom. The van der Waals surface area contributed by atoms with Crippen molar-refractivity contribution in [2.75, 3.05) is 0 Å². The second-order valence-corrected chi connectivity index (χ2v) is 6.97. The second kappa shape index (κ2) is 2.63. The van der Waals surface area contributed by atoms with Crippen LogP contribution < -0.4 is 0 Å². The highest BCUT2D eigenvalue weighted by atomic mass is 16.7. The van der Waals surface area contributed by atoms with Crippen LogP contribution >= 0.6 is 0 Å². The third kappa shape index (κ3) is 0.819. The van der Waals surface area contributed by atoms with Crippen LogP contribution in [0, 0.1) is 10.8 Å². The average Bonchev–Trinajstić information content (AvgIpc) is 2.72. The summed E-state index contributed by atoms with van der Waals surface area (Å²) < 4.78 is 5.33. The van der Waals surface area contributed by atoms with E-state index in [4.69, 9.17) is 4.74 Å². The molecule has 1 heterocycles. The van der Waals surface area contributed by atoms with Crippen molar-refractivity contribution in [3.63, 3.8) is 0 Å². The highest BCUT2D eigenvalue weighted by molar-refractivity contribution is 5.39. The Hall–Kier alpha value is -0.240. The van der Waals surface area contributed by atoms with Crippen molar-refractivity contribution in [2.45, 2.75) is 63.0 Å². The Morgan fingerprint density at radius 1 is 0.944 bits per heavy atom. The maximum absolute atomic E-state index is 10.4. The summed E-state index contributed by atoms with van der Waals surface area (Å²) in [4.78, 5) is 0. The van der Waals surface area contributed by atoms with Crippen LogP contribution in [0.5, 0.6) is 0 Å². The van der Waals surface area contributed by atoms with Gasteiger partial charge in [-0.2, -0.15) is 0 Å². The van der Waals surface area contributed by atoms with E-state index in [1.54, 1.807) is 27.7 Å². The molecule has 0 aromatic rings. The van der Waals surface area contributed by atoms with Gasteiger partial charge in [-0.05, 0) is 0 Å². The van der Waals surface area contributed by atoms with Gasteiger partial charge >= 0.3 is 0 Å². The number of aliphatic hydroxyl groups excluding tert-OH is 2. The van der Waals surface area contributed by atoms with E-state index in [0.29, 0.717) is 0 Å². The first kappa shape index (κ1) is 12.8. The highest BCUT2D eigenvalue weighted by Gasteiger charge is 2.95. The first-order valence-electron chi connectivity index (χ1n) is 6.12. The minimum absolute atomic E-state index is 0.841. The lowest BCUT2D eigenvalue weighted by Gasteiger charge is -2.30. The second-order valence-electron chi connectivity index (χ2n) is 6.97. The average molecular weight is 260 g/mol. The maximum atomic E-state index is 10.4. The van der Waals surface area contributed by atoms with Gasteiger partial charge in [-0.1, -0.05) is 27.7 Å². The van der Waals surface area contributed by atoms with Gasteiger partial charge in [0.05, 0.1) is 11.5 Å². The zero-order chi connectivity index (χ0) is 13.9. The molecule has 3 aliphatic rings. The van der Waals surface area contributed by atoms with Crippen molar-refractivity contribution in [2.24, 2.45) is 10.8 Å². The minimum atomic E-state index is -1.88. The Kier molecular flexibility index (Phi) is 1.87. The normalized spacial score (nSPS) is 63.5. The Labute approximate surface area is 105 Å². The van der Waals surface area contributed by atoms with Crippen LogP contribution in [0.25, 0.3) is 0 Å². The summed E-state index contributed by atoms with van der Waals surface area (Å²) in [6.07, 6.45) is -3.71. The van der Waals surface area contributed by atoms with Crippen LogP contribution in [0.3, 0.4) is 0 Å². The molecule has 0 bridgehead atoms. The third-order valence-corrected chi connectivity index (χ3v) is 5.75. The van der Waals surface area contributed by atoms with E-state index in [9.17, 15) is 25.5 Å². The topological polar surface area (TPSA) is 110 Å². The summed E-state index contributed by atoms with van der Waals surface area (Å²) in [7, 11) is 0. The molecule has 18 heavy (non-hydrogen) atoms. The van der Waals surface area contributed by atoms with Crippen molar-refractivity contribution in [1.82, 2.24) is 0 Å². The van der Waals surface area contributed by atoms with Gasteiger partial charge in [0.15, 0.2) is 5.60 Å². The number of hydrogen-bond acceptors (Lipinski definition) is 6. The zero-order valence-electron chi connectivity index (χ0n) is 10.9. The molecule has 6 heteroatoms. The monoisotopic (exact) mass is 260 g/mol. The number of rotatable bonds is 1. The maximum Gasteiger partial charge on any atom is 0.207 e. The molecule has 1 aliphatic heterocycles. The highest BCUT2D eigenvalue weighted by Crippen LogP contribution is 2.75. The third-order valence-electron chi connectivity index (χ3n) is 5.75. The molecule has 0 aromatic carbocycles. The molecule has 2 aliphatic carbocycles. The lowest BCUT2D eigenvalue weighted by Crippen LogP contribution is -2.49. The number of fused-ring (bicyclic) bond motifs is 1. The Balaban J connectivity index is 1.95. The molecule has 6 nitrogen and oxygen atoms in total. The lowest BCUT2D eigenvalue weighted by molar-refractivity contribution is -0.208. The predicted octanol–water partition coefficient (Wildman–Crippen LogP) is -1.66. The fraction of sp³-hybridized carbons (Fsp3) is 1.00. The van der Waals surface area contributed by atoms with E-state index < -0.39 is 46.1 Å². The summed E-state index contributed by atoms with van der Waals surface area (Å²) in [5.74, 6) is -1.88. The van der Waals surface area contributed by atoms with Crippen molar-refractivity contribution in [3.05, 3.63) is 0 Å². The van der Waals surface area contributed by atoms with Gasteiger partial charge in [0.25, 0.3) is 0 Å². The molecule has 2 saturated carbocycles. The van der Waals surface area contributed by atoms with E-state index in [1.165, 1.54) is 0 Å². The predicted molar refractivity (Wildman–Crippen MR) is 59.3 cm³/mol. The summed E-state index contributed by atoms with van der Waals surface area (Å²) in [5.41, 5.74) is -5.30. The molecule has 5 N–H and O–H groups in total. The first-order chi connectivity index (χ1) is 7.90. The Morgan fingerprint density at radius 3 is 1.67 bits per heavy atom. The van der Waals surface area contributed by atoms with Gasteiger partial charge in [-0.15, -0.1) is 0 Å². The van der Waals surface area contributed by atoms with Crippen LogP contribution in [0.2, 0.25) is 0 Å². The molecule has 0 radical (unpaired) electrons. The van der Waals surface area contributed by atoms with E-state index in [0.717, 1.165) is 0 Å². The van der Waals surface area contributed by atoms with Crippen LogP contribution in [-0.4, -0.2) is 60.8 Å². The summed E-state index contributed by atoms with van der Waals surface area (Å²) >= 11 is 0. The van der Waals surface area contributed by atoms with Gasteiger partial charge in [-0.3, -0.25) is 0 Å². The number of hydrogen-bond donors (Lipinski definition) is 5. The molecular formula is C12H20O6. The van der Waals surface area contributed by atoms with Crippen LogP contribution in [0.15, 0.2) is 0 Å². The summed E-state index contributed by atoms with van der Waals surface area (Å²) in [6, 6.07) is 0. The largest absolute Gasteiger partial charge is 0.389 e. The standard InChI is InChI=1S/C12H20O6/c1-8(2)7(14)10(8,15)6-5(13)11(16)9(3,4)12(11,17)18-6/h5-7,13-17H,1-4H3/t5-,6+,7?,10+,11+,12+/m1/s1. The quantitative estimate of drug-likeness (QED) is 0.386. The first-order valence-corrected chi connectivity index (χ1v) is 6.12. The number of ether oxygens (including phenoxy) is 1. The van der Waals surface area contributed by atoms with E-state index in [2.05, 4.69) is 0 Å². The molecule has 6 atom stereocenters. The van der Waals surface area contributed by atoms with Crippen molar-refractivity contribution < 1.29 is 30.3 Å². The van der Waals surface area contributed by atoms with Crippen LogP contribution in [0.4, 0.5) is 0 Å². The molecule has 1 unspecified atom stereocenters. The van der Waals surface area contributed by atoms with Gasteiger partial charge in [0.1, 0.15) is 17.8 Å². The zero-order valence-corrected chi connectivity index (χ0v) is 10.9. The minimum Gasteiger partial charge on any atom is -0.389 e. The van der Waals surface area contributed by atoms with E-state index >= 15 is 0 Å². The molecule has 0 spiro atoms. The van der Waals surface area contributed by atoms with Crippen molar-refractivity contribution in [1.29, 1.82) is 0 Å². The smallest absolute Gasteiger partial charge is 0.207 e. The molecule has 3 rings (SSSR count). The molecule has 104 valence electrons. The molecule has 0 amide bonds. The molecule has 1 saturated heterocycles. The van der Waals surface area contributed by atoms with Gasteiger partial charge in [-0.25, -0.2) is 0 Å². The van der Waals surface area contributed by atoms with Gasteiger partial charge < -0.3 is 30.3 Å². The number of aliphatic hydroxyl groups is 5. The van der Waals surface area contributed by atoms with Gasteiger partial charge in [0, 0.05) is 5.41 Å². The van der Waals surface area contributed by atoms with Crippen LogP contribution in [-0.2, 0) is 4.74 Å². The fourth-order valence-electron chi connectivity index (χ4n) is 3.70. The lowest BCUT2D eigenvalue weighted by atomic mass is 9.91. The molecule has 3 fully saturated rings. The molecular weight excluding hydrogens is 240 g/mol. The van der Waals surface area contributed by atoms with E-state index in [1.807, 2.05) is 0 Å². The van der Waals surface area contributed by atoms with Crippen molar-refractivity contribution in [3.8, 4) is 0 Å². The summed E-state index contributed by atoms with van der Waals surface area (Å²) in [5, 5.41) is 50.9. The van der Waals surface area contributed by atoms with E-state index in [-0.39, 0.29) is 0 Å². The fourth-order valence-corrected chi connectivity index (χ4v) is 3.70. The SMILES string of the molecule is CC1(C)C(O)[C@@]1(O)[C@H]1O[C@@]2(O)C(C)(C)[C@@]2(O)[C@@H]1O. The van der Waals surface area contributed by atoms with Crippen molar-refractivity contribution >= 4 is 0 Å². The van der Waals surface area contributed by atoms with Gasteiger partial charge in [0.2, 0.25) is 5.79 Å². The molecule has 0 aromatic heterocycles.